The highest BCUT2D eigenvalue weighted by atomic mass is 15.2. The van der Waals surface area contributed by atoms with Gasteiger partial charge in [-0.1, -0.05) is 45.0 Å². The molecule has 0 bridgehead atoms. The van der Waals surface area contributed by atoms with E-state index < -0.39 is 0 Å². The summed E-state index contributed by atoms with van der Waals surface area (Å²) in [4.78, 5) is 6.75. The third kappa shape index (κ3) is 3.69. The highest BCUT2D eigenvalue weighted by Gasteiger charge is 2.31. The molecular weight excluding hydrogens is 334 g/mol. The van der Waals surface area contributed by atoms with Crippen LogP contribution in [0.3, 0.4) is 0 Å². The van der Waals surface area contributed by atoms with Crippen LogP contribution in [0.25, 0.3) is 11.0 Å². The second-order valence-electron chi connectivity index (χ2n) is 8.94. The van der Waals surface area contributed by atoms with Crippen molar-refractivity contribution in [3.05, 3.63) is 53.9 Å². The van der Waals surface area contributed by atoms with Crippen molar-refractivity contribution >= 4 is 16.7 Å². The maximum Gasteiger partial charge on any atom is 0.157 e. The number of aromatic amines is 1. The van der Waals surface area contributed by atoms with Crippen LogP contribution in [-0.2, 0) is 11.8 Å². The van der Waals surface area contributed by atoms with Gasteiger partial charge < -0.3 is 10.6 Å². The molecule has 3 heterocycles. The molecule has 1 saturated heterocycles. The second kappa shape index (κ2) is 6.64. The van der Waals surface area contributed by atoms with E-state index in [-0.39, 0.29) is 11.0 Å². The molecule has 0 atom stereocenters. The summed E-state index contributed by atoms with van der Waals surface area (Å²) in [6.07, 6.45) is 6.60. The lowest BCUT2D eigenvalue weighted by molar-refractivity contribution is 0.331. The number of hydrogen-bond acceptors (Lipinski definition) is 4. The smallest absolute Gasteiger partial charge is 0.157 e. The van der Waals surface area contributed by atoms with Crippen molar-refractivity contribution in [1.82, 2.24) is 15.2 Å². The molecule has 2 aromatic heterocycles. The lowest BCUT2D eigenvalue weighted by Crippen LogP contribution is -2.52. The molecule has 5 heteroatoms. The van der Waals surface area contributed by atoms with Crippen molar-refractivity contribution in [2.45, 2.75) is 51.0 Å². The predicted molar refractivity (Wildman–Crippen MR) is 111 cm³/mol. The summed E-state index contributed by atoms with van der Waals surface area (Å²) in [6.45, 7) is 8.66. The van der Waals surface area contributed by atoms with Crippen molar-refractivity contribution < 1.29 is 0 Å². The standard InChI is InChI=1S/C22H29N5/c1-21(2,3)17-6-4-16(5-7-17)14-22(23)9-12-27(13-10-22)19-8-11-24-20-18(19)15-25-26-20/h4-8,11,15H,9-10,12-14,23H2,1-3H3,(H,24,25,26). The summed E-state index contributed by atoms with van der Waals surface area (Å²) in [6, 6.07) is 11.1. The molecule has 4 rings (SSSR count). The van der Waals surface area contributed by atoms with Gasteiger partial charge in [-0.25, -0.2) is 4.98 Å². The molecule has 1 fully saturated rings. The van der Waals surface area contributed by atoms with Gasteiger partial charge in [0.05, 0.1) is 17.3 Å². The molecule has 3 aromatic rings. The number of nitrogens with zero attached hydrogens (tertiary/aromatic N) is 3. The summed E-state index contributed by atoms with van der Waals surface area (Å²) in [5, 5.41) is 8.16. The Hall–Kier alpha value is -2.40. The van der Waals surface area contributed by atoms with E-state index >= 15 is 0 Å². The number of fused-ring (bicyclic) bond motifs is 1. The van der Waals surface area contributed by atoms with Crippen LogP contribution >= 0.6 is 0 Å². The molecule has 0 aliphatic carbocycles. The first-order valence-electron chi connectivity index (χ1n) is 9.75. The van der Waals surface area contributed by atoms with E-state index in [1.165, 1.54) is 16.8 Å². The fraction of sp³-hybridized carbons (Fsp3) is 0.455. The van der Waals surface area contributed by atoms with Crippen molar-refractivity contribution in [1.29, 1.82) is 0 Å². The maximum atomic E-state index is 6.79. The van der Waals surface area contributed by atoms with Crippen molar-refractivity contribution in [2.24, 2.45) is 5.73 Å². The predicted octanol–water partition coefficient (Wildman–Crippen LogP) is 3.80. The SMILES string of the molecule is CC(C)(C)c1ccc(CC2(N)CCN(c3ccnc4[nH]ncc34)CC2)cc1. The molecule has 5 nitrogen and oxygen atoms in total. The lowest BCUT2D eigenvalue weighted by Gasteiger charge is -2.40. The van der Waals surface area contributed by atoms with Gasteiger partial charge in [0.25, 0.3) is 0 Å². The zero-order valence-electron chi connectivity index (χ0n) is 16.5. The molecule has 0 amide bonds. The molecule has 27 heavy (non-hydrogen) atoms. The molecule has 0 spiro atoms. The summed E-state index contributed by atoms with van der Waals surface area (Å²) in [5.41, 5.74) is 11.6. The van der Waals surface area contributed by atoms with Crippen LogP contribution in [0.1, 0.15) is 44.7 Å². The number of aromatic nitrogens is 3. The van der Waals surface area contributed by atoms with Crippen molar-refractivity contribution in [3.8, 4) is 0 Å². The number of nitrogens with two attached hydrogens (primary N) is 1. The van der Waals surface area contributed by atoms with Crippen LogP contribution in [0.5, 0.6) is 0 Å². The molecular formula is C22H29N5. The van der Waals surface area contributed by atoms with Crippen LogP contribution in [-0.4, -0.2) is 33.8 Å². The van der Waals surface area contributed by atoms with E-state index in [0.717, 1.165) is 43.4 Å². The Balaban J connectivity index is 1.44. The number of rotatable bonds is 3. The highest BCUT2D eigenvalue weighted by Crippen LogP contribution is 2.31. The molecule has 0 radical (unpaired) electrons. The van der Waals surface area contributed by atoms with Gasteiger partial charge in [0.1, 0.15) is 0 Å². The number of benzene rings is 1. The largest absolute Gasteiger partial charge is 0.371 e. The Morgan fingerprint density at radius 1 is 1.11 bits per heavy atom. The third-order valence-electron chi connectivity index (χ3n) is 5.81. The number of H-pyrrole nitrogens is 1. The zero-order chi connectivity index (χ0) is 19.1. The Morgan fingerprint density at radius 2 is 1.81 bits per heavy atom. The molecule has 1 aromatic carbocycles. The van der Waals surface area contributed by atoms with Gasteiger partial charge in [-0.2, -0.15) is 5.10 Å². The summed E-state index contributed by atoms with van der Waals surface area (Å²) < 4.78 is 0. The minimum absolute atomic E-state index is 0.137. The van der Waals surface area contributed by atoms with Gasteiger partial charge in [0, 0.05) is 24.8 Å². The van der Waals surface area contributed by atoms with Gasteiger partial charge >= 0.3 is 0 Å². The fourth-order valence-electron chi connectivity index (χ4n) is 4.01. The van der Waals surface area contributed by atoms with Crippen LogP contribution < -0.4 is 10.6 Å². The quantitative estimate of drug-likeness (QED) is 0.743. The van der Waals surface area contributed by atoms with E-state index in [1.807, 2.05) is 12.4 Å². The van der Waals surface area contributed by atoms with Crippen molar-refractivity contribution in [2.75, 3.05) is 18.0 Å². The second-order valence-corrected chi connectivity index (χ2v) is 8.94. The van der Waals surface area contributed by atoms with Gasteiger partial charge in [-0.15, -0.1) is 0 Å². The topological polar surface area (TPSA) is 70.8 Å². The number of anilines is 1. The first-order valence-corrected chi connectivity index (χ1v) is 9.75. The van der Waals surface area contributed by atoms with Crippen LogP contribution in [0, 0.1) is 0 Å². The molecule has 0 unspecified atom stereocenters. The molecule has 1 aliphatic heterocycles. The van der Waals surface area contributed by atoms with Gasteiger partial charge in [0.2, 0.25) is 0 Å². The maximum absolute atomic E-state index is 6.79. The number of pyridine rings is 1. The average molecular weight is 364 g/mol. The van der Waals surface area contributed by atoms with E-state index in [4.69, 9.17) is 5.73 Å². The molecule has 142 valence electrons. The van der Waals surface area contributed by atoms with E-state index in [1.54, 1.807) is 0 Å². The number of piperidine rings is 1. The zero-order valence-corrected chi connectivity index (χ0v) is 16.5. The van der Waals surface area contributed by atoms with E-state index in [2.05, 4.69) is 71.2 Å². The minimum Gasteiger partial charge on any atom is -0.371 e. The molecule has 3 N–H and O–H groups in total. The number of hydrogen-bond donors (Lipinski definition) is 2. The Kier molecular flexibility index (Phi) is 4.42. The van der Waals surface area contributed by atoms with E-state index in [0.29, 0.717) is 0 Å². The van der Waals surface area contributed by atoms with Crippen molar-refractivity contribution in [3.63, 3.8) is 0 Å². The van der Waals surface area contributed by atoms with Crippen LogP contribution in [0.4, 0.5) is 5.69 Å². The third-order valence-corrected chi connectivity index (χ3v) is 5.81. The number of nitrogens with one attached hydrogen (secondary N) is 1. The summed E-state index contributed by atoms with van der Waals surface area (Å²) >= 11 is 0. The fourth-order valence-corrected chi connectivity index (χ4v) is 4.01. The summed E-state index contributed by atoms with van der Waals surface area (Å²) in [5.74, 6) is 0. The van der Waals surface area contributed by atoms with Gasteiger partial charge in [0.15, 0.2) is 5.65 Å². The first-order chi connectivity index (χ1) is 12.8. The highest BCUT2D eigenvalue weighted by molar-refractivity contribution is 5.88. The Labute approximate surface area is 161 Å². The average Bonchev–Trinajstić information content (AvgIpc) is 3.11. The van der Waals surface area contributed by atoms with Crippen LogP contribution in [0.15, 0.2) is 42.7 Å². The first kappa shape index (κ1) is 18.0. The van der Waals surface area contributed by atoms with E-state index in [9.17, 15) is 0 Å². The minimum atomic E-state index is -0.137. The molecule has 1 aliphatic rings. The Bertz CT molecular complexity index is 912. The van der Waals surface area contributed by atoms with Gasteiger partial charge in [-0.05, 0) is 41.9 Å². The normalized spacial score (nSPS) is 17.4. The Morgan fingerprint density at radius 3 is 2.48 bits per heavy atom. The lowest BCUT2D eigenvalue weighted by atomic mass is 9.81. The molecule has 0 saturated carbocycles. The monoisotopic (exact) mass is 363 g/mol. The summed E-state index contributed by atoms with van der Waals surface area (Å²) in [7, 11) is 0. The van der Waals surface area contributed by atoms with Gasteiger partial charge in [-0.3, -0.25) is 5.10 Å². The van der Waals surface area contributed by atoms with Crippen LogP contribution in [0.2, 0.25) is 0 Å².